The molecule has 2 aromatic heterocycles. The molecule has 0 unspecified atom stereocenters. The van der Waals surface area contributed by atoms with Crippen molar-refractivity contribution in [2.75, 3.05) is 0 Å². The molecular weight excluding hydrogens is 276 g/mol. The Hall–Kier alpha value is -1.53. The second-order valence-corrected chi connectivity index (χ2v) is 4.89. The van der Waals surface area contributed by atoms with Crippen LogP contribution in [0, 0.1) is 13.8 Å². The van der Waals surface area contributed by atoms with E-state index >= 15 is 0 Å². The molecule has 2 aromatic rings. The summed E-state index contributed by atoms with van der Waals surface area (Å²) in [6.07, 6.45) is 1.25. The third-order valence-electron chi connectivity index (χ3n) is 2.25. The molecule has 2 heterocycles. The molecule has 0 aliphatic heterocycles. The van der Waals surface area contributed by atoms with Gasteiger partial charge in [-0.15, -0.1) is 0 Å². The van der Waals surface area contributed by atoms with E-state index in [1.54, 1.807) is 0 Å². The first-order valence-corrected chi connectivity index (χ1v) is 6.17. The van der Waals surface area contributed by atoms with Gasteiger partial charge in [0.15, 0.2) is 0 Å². The minimum absolute atomic E-state index is 0.0455. The molecule has 0 spiro atoms. The Bertz CT molecular complexity index is 593. The lowest BCUT2D eigenvalue weighted by Crippen LogP contribution is -1.97. The number of pyridine rings is 1. The topological polar surface area (TPSA) is 76.2 Å². The first-order valence-electron chi connectivity index (χ1n) is 4.98. The van der Waals surface area contributed by atoms with Gasteiger partial charge in [-0.2, -0.15) is 0 Å². The summed E-state index contributed by atoms with van der Waals surface area (Å²) in [5.74, 6) is -0.334. The predicted octanol–water partition coefficient (Wildman–Crippen LogP) is 3.19. The minimum Gasteiger partial charge on any atom is -0.478 e. The number of rotatable bonds is 3. The third kappa shape index (κ3) is 2.65. The van der Waals surface area contributed by atoms with E-state index in [9.17, 15) is 4.79 Å². The standard InChI is InChI=1S/C11H9ClN2O3S/c1-5-6(2)17-11(14-5)18-9-8(12)3-7(4-13-9)10(15)16/h3-4H,1-2H3,(H,15,16). The van der Waals surface area contributed by atoms with Crippen LogP contribution in [0.2, 0.25) is 5.02 Å². The molecule has 0 aromatic carbocycles. The fourth-order valence-electron chi connectivity index (χ4n) is 1.19. The normalized spacial score (nSPS) is 10.6. The first kappa shape index (κ1) is 12.9. The van der Waals surface area contributed by atoms with Crippen molar-refractivity contribution in [1.29, 1.82) is 0 Å². The van der Waals surface area contributed by atoms with Crippen LogP contribution in [0.5, 0.6) is 0 Å². The van der Waals surface area contributed by atoms with Crippen molar-refractivity contribution in [1.82, 2.24) is 9.97 Å². The van der Waals surface area contributed by atoms with Crippen LogP contribution < -0.4 is 0 Å². The van der Waals surface area contributed by atoms with Gasteiger partial charge in [0.25, 0.3) is 5.22 Å². The fourth-order valence-corrected chi connectivity index (χ4v) is 2.25. The van der Waals surface area contributed by atoms with Gasteiger partial charge in [-0.3, -0.25) is 0 Å². The Balaban J connectivity index is 2.27. The lowest BCUT2D eigenvalue weighted by atomic mass is 10.3. The zero-order chi connectivity index (χ0) is 13.3. The van der Waals surface area contributed by atoms with E-state index in [1.165, 1.54) is 12.3 Å². The summed E-state index contributed by atoms with van der Waals surface area (Å²) >= 11 is 7.11. The van der Waals surface area contributed by atoms with Crippen molar-refractivity contribution in [3.05, 3.63) is 34.3 Å². The lowest BCUT2D eigenvalue weighted by Gasteiger charge is -2.00. The van der Waals surface area contributed by atoms with E-state index in [0.29, 0.717) is 10.2 Å². The molecule has 0 saturated heterocycles. The summed E-state index contributed by atoms with van der Waals surface area (Å²) in [6, 6.07) is 1.35. The number of aryl methyl sites for hydroxylation is 2. The van der Waals surface area contributed by atoms with Crippen molar-refractivity contribution >= 4 is 29.3 Å². The quantitative estimate of drug-likeness (QED) is 0.933. The summed E-state index contributed by atoms with van der Waals surface area (Å²) in [5.41, 5.74) is 0.847. The van der Waals surface area contributed by atoms with Crippen LogP contribution in [0.4, 0.5) is 0 Å². The average molecular weight is 285 g/mol. The summed E-state index contributed by atoms with van der Waals surface area (Å²) < 4.78 is 5.39. The molecule has 0 aliphatic carbocycles. The SMILES string of the molecule is Cc1nc(Sc2ncc(C(=O)O)cc2Cl)oc1C. The minimum atomic E-state index is -1.07. The van der Waals surface area contributed by atoms with Gasteiger partial charge in [-0.05, 0) is 31.7 Å². The van der Waals surface area contributed by atoms with Gasteiger partial charge in [-0.1, -0.05) is 11.6 Å². The second-order valence-electron chi connectivity index (χ2n) is 3.54. The highest BCUT2D eigenvalue weighted by Gasteiger charge is 2.13. The Morgan fingerprint density at radius 3 is 2.72 bits per heavy atom. The largest absolute Gasteiger partial charge is 0.478 e. The Morgan fingerprint density at radius 2 is 2.22 bits per heavy atom. The second kappa shape index (κ2) is 4.99. The molecule has 0 aliphatic rings. The average Bonchev–Trinajstić information content (AvgIpc) is 2.61. The molecule has 0 saturated carbocycles. The molecule has 7 heteroatoms. The number of aromatic carboxylic acids is 1. The number of carboxylic acid groups (broad SMARTS) is 1. The predicted molar refractivity (Wildman–Crippen MR) is 66.3 cm³/mol. The smallest absolute Gasteiger partial charge is 0.337 e. The van der Waals surface area contributed by atoms with Gasteiger partial charge in [0.1, 0.15) is 10.8 Å². The molecule has 0 atom stereocenters. The van der Waals surface area contributed by atoms with Gasteiger partial charge in [0.05, 0.1) is 16.3 Å². The Kier molecular flexibility index (Phi) is 3.58. The van der Waals surface area contributed by atoms with E-state index in [1.807, 2.05) is 13.8 Å². The maximum atomic E-state index is 10.7. The lowest BCUT2D eigenvalue weighted by molar-refractivity contribution is 0.0696. The highest BCUT2D eigenvalue weighted by molar-refractivity contribution is 7.99. The number of carbonyl (C=O) groups is 1. The van der Waals surface area contributed by atoms with Crippen molar-refractivity contribution in [2.45, 2.75) is 24.1 Å². The third-order valence-corrected chi connectivity index (χ3v) is 3.52. The molecule has 18 heavy (non-hydrogen) atoms. The highest BCUT2D eigenvalue weighted by atomic mass is 35.5. The number of carboxylic acids is 1. The zero-order valence-electron chi connectivity index (χ0n) is 9.60. The molecule has 0 radical (unpaired) electrons. The number of hydrogen-bond donors (Lipinski definition) is 1. The summed E-state index contributed by atoms with van der Waals surface area (Å²) in [5, 5.41) is 9.94. The monoisotopic (exact) mass is 284 g/mol. The molecule has 0 fully saturated rings. The first-order chi connectivity index (χ1) is 8.47. The van der Waals surface area contributed by atoms with Crippen LogP contribution in [0.1, 0.15) is 21.8 Å². The fraction of sp³-hybridized carbons (Fsp3) is 0.182. The molecular formula is C11H9ClN2O3S. The van der Waals surface area contributed by atoms with Crippen molar-refractivity contribution in [2.24, 2.45) is 0 Å². The zero-order valence-corrected chi connectivity index (χ0v) is 11.2. The molecule has 2 rings (SSSR count). The number of hydrogen-bond acceptors (Lipinski definition) is 5. The number of aromatic nitrogens is 2. The van der Waals surface area contributed by atoms with Crippen LogP contribution in [0.15, 0.2) is 26.9 Å². The van der Waals surface area contributed by atoms with E-state index in [-0.39, 0.29) is 10.6 Å². The van der Waals surface area contributed by atoms with Gasteiger partial charge in [0.2, 0.25) is 0 Å². The number of oxazole rings is 1. The highest BCUT2D eigenvalue weighted by Crippen LogP contribution is 2.32. The van der Waals surface area contributed by atoms with Gasteiger partial charge in [-0.25, -0.2) is 14.8 Å². The molecule has 94 valence electrons. The van der Waals surface area contributed by atoms with Gasteiger partial charge in [0, 0.05) is 6.20 Å². The van der Waals surface area contributed by atoms with Crippen LogP contribution in [-0.4, -0.2) is 21.0 Å². The van der Waals surface area contributed by atoms with Crippen molar-refractivity contribution in [3.63, 3.8) is 0 Å². The maximum Gasteiger partial charge on any atom is 0.337 e. The Morgan fingerprint density at radius 1 is 1.50 bits per heavy atom. The van der Waals surface area contributed by atoms with E-state index in [4.69, 9.17) is 21.1 Å². The summed E-state index contributed by atoms with van der Waals surface area (Å²) in [6.45, 7) is 3.65. The van der Waals surface area contributed by atoms with E-state index in [0.717, 1.165) is 23.2 Å². The van der Waals surface area contributed by atoms with E-state index < -0.39 is 5.97 Å². The molecule has 5 nitrogen and oxygen atoms in total. The number of halogens is 1. The van der Waals surface area contributed by atoms with Gasteiger partial charge >= 0.3 is 5.97 Å². The molecule has 1 N–H and O–H groups in total. The van der Waals surface area contributed by atoms with Crippen LogP contribution in [0.25, 0.3) is 0 Å². The number of nitrogens with zero attached hydrogens (tertiary/aromatic N) is 2. The summed E-state index contributed by atoms with van der Waals surface area (Å²) in [7, 11) is 0. The molecule has 0 bridgehead atoms. The van der Waals surface area contributed by atoms with Crippen LogP contribution in [0.3, 0.4) is 0 Å². The molecule has 0 amide bonds. The van der Waals surface area contributed by atoms with Crippen molar-refractivity contribution < 1.29 is 14.3 Å². The van der Waals surface area contributed by atoms with E-state index in [2.05, 4.69) is 9.97 Å². The van der Waals surface area contributed by atoms with Crippen LogP contribution in [-0.2, 0) is 0 Å². The van der Waals surface area contributed by atoms with Crippen LogP contribution >= 0.6 is 23.4 Å². The summed E-state index contributed by atoms with van der Waals surface area (Å²) in [4.78, 5) is 18.9. The maximum absolute atomic E-state index is 10.7. The van der Waals surface area contributed by atoms with Gasteiger partial charge < -0.3 is 9.52 Å². The van der Waals surface area contributed by atoms with Crippen molar-refractivity contribution in [3.8, 4) is 0 Å². The Labute approximate surface area is 112 Å².